The van der Waals surface area contributed by atoms with Crippen molar-refractivity contribution in [2.45, 2.75) is 6.42 Å². The Morgan fingerprint density at radius 2 is 2.00 bits per heavy atom. The molecule has 0 aliphatic carbocycles. The largest absolute Gasteiger partial charge is 0.361 e. The van der Waals surface area contributed by atoms with E-state index >= 15 is 0 Å². The summed E-state index contributed by atoms with van der Waals surface area (Å²) in [6.45, 7) is 0. The SMILES string of the molecule is Cn1nccc1Nc1nccc(-c2ccn3c(Cc4c[nH]c5ccc(F)cc45)nnc3c2)n1. The summed E-state index contributed by atoms with van der Waals surface area (Å²) in [7, 11) is 1.84. The third-order valence-corrected chi connectivity index (χ3v) is 5.57. The number of benzene rings is 1. The molecule has 10 heteroatoms. The molecule has 162 valence electrons. The lowest BCUT2D eigenvalue weighted by molar-refractivity contribution is 0.629. The van der Waals surface area contributed by atoms with Gasteiger partial charge in [0.1, 0.15) is 17.5 Å². The van der Waals surface area contributed by atoms with Crippen LogP contribution in [-0.2, 0) is 13.5 Å². The van der Waals surface area contributed by atoms with Gasteiger partial charge in [-0.1, -0.05) is 0 Å². The van der Waals surface area contributed by atoms with E-state index in [0.29, 0.717) is 18.0 Å². The summed E-state index contributed by atoms with van der Waals surface area (Å²) in [4.78, 5) is 12.1. The van der Waals surface area contributed by atoms with Crippen LogP contribution in [0.1, 0.15) is 11.4 Å². The van der Waals surface area contributed by atoms with Gasteiger partial charge in [0, 0.05) is 54.6 Å². The second kappa shape index (κ2) is 7.52. The van der Waals surface area contributed by atoms with Crippen molar-refractivity contribution in [3.8, 4) is 11.3 Å². The van der Waals surface area contributed by atoms with Crippen molar-refractivity contribution in [2.75, 3.05) is 5.32 Å². The Balaban J connectivity index is 1.30. The van der Waals surface area contributed by atoms with Crippen LogP contribution < -0.4 is 5.32 Å². The van der Waals surface area contributed by atoms with Crippen molar-refractivity contribution in [3.05, 3.63) is 84.5 Å². The Labute approximate surface area is 187 Å². The van der Waals surface area contributed by atoms with Crippen molar-refractivity contribution in [3.63, 3.8) is 0 Å². The molecule has 0 unspecified atom stereocenters. The van der Waals surface area contributed by atoms with E-state index in [9.17, 15) is 4.39 Å². The monoisotopic (exact) mass is 439 g/mol. The first-order chi connectivity index (χ1) is 16.1. The maximum atomic E-state index is 13.7. The van der Waals surface area contributed by atoms with Gasteiger partial charge in [-0.05, 0) is 42.0 Å². The Hall–Kier alpha value is -4.60. The summed E-state index contributed by atoms with van der Waals surface area (Å²) >= 11 is 0. The van der Waals surface area contributed by atoms with E-state index in [-0.39, 0.29) is 5.82 Å². The number of aromatic amines is 1. The first-order valence-corrected chi connectivity index (χ1v) is 10.3. The zero-order valence-corrected chi connectivity index (χ0v) is 17.6. The lowest BCUT2D eigenvalue weighted by Crippen LogP contribution is -2.03. The quantitative estimate of drug-likeness (QED) is 0.423. The number of aryl methyl sites for hydroxylation is 1. The number of nitrogens with zero attached hydrogens (tertiary/aromatic N) is 7. The van der Waals surface area contributed by atoms with Gasteiger partial charge < -0.3 is 10.3 Å². The van der Waals surface area contributed by atoms with Gasteiger partial charge in [0.15, 0.2) is 5.65 Å². The van der Waals surface area contributed by atoms with Gasteiger partial charge in [-0.15, -0.1) is 10.2 Å². The average Bonchev–Trinajstić information content (AvgIpc) is 3.53. The predicted octanol–water partition coefficient (Wildman–Crippen LogP) is 3.87. The fourth-order valence-corrected chi connectivity index (χ4v) is 3.88. The Bertz CT molecular complexity index is 1610. The summed E-state index contributed by atoms with van der Waals surface area (Å²) in [5.74, 6) is 1.77. The van der Waals surface area contributed by atoms with Gasteiger partial charge in [-0.25, -0.2) is 14.4 Å². The number of nitrogens with one attached hydrogen (secondary N) is 2. The Morgan fingerprint density at radius 3 is 2.88 bits per heavy atom. The number of pyridine rings is 1. The van der Waals surface area contributed by atoms with E-state index in [4.69, 9.17) is 0 Å². The average molecular weight is 439 g/mol. The smallest absolute Gasteiger partial charge is 0.228 e. The molecule has 0 aliphatic rings. The third kappa shape index (κ3) is 3.47. The molecule has 0 aliphatic heterocycles. The number of anilines is 2. The van der Waals surface area contributed by atoms with E-state index in [0.717, 1.165) is 39.4 Å². The van der Waals surface area contributed by atoms with Crippen LogP contribution in [0.3, 0.4) is 0 Å². The summed E-state index contributed by atoms with van der Waals surface area (Å²) in [5.41, 5.74) is 4.21. The molecule has 2 N–H and O–H groups in total. The number of hydrogen-bond acceptors (Lipinski definition) is 6. The van der Waals surface area contributed by atoms with Crippen molar-refractivity contribution in [1.82, 2.24) is 39.3 Å². The van der Waals surface area contributed by atoms with Gasteiger partial charge in [0.25, 0.3) is 0 Å². The minimum absolute atomic E-state index is 0.263. The second-order valence-corrected chi connectivity index (χ2v) is 7.67. The van der Waals surface area contributed by atoms with Crippen LogP contribution in [0.25, 0.3) is 27.8 Å². The lowest BCUT2D eigenvalue weighted by atomic mass is 10.1. The van der Waals surface area contributed by atoms with Crippen molar-refractivity contribution >= 4 is 28.3 Å². The van der Waals surface area contributed by atoms with E-state index in [1.54, 1.807) is 23.1 Å². The first kappa shape index (κ1) is 19.1. The number of H-pyrrole nitrogens is 1. The molecule has 0 bridgehead atoms. The number of halogens is 1. The highest BCUT2D eigenvalue weighted by Crippen LogP contribution is 2.24. The van der Waals surface area contributed by atoms with Gasteiger partial charge >= 0.3 is 0 Å². The van der Waals surface area contributed by atoms with Crippen LogP contribution >= 0.6 is 0 Å². The molecule has 0 saturated heterocycles. The van der Waals surface area contributed by atoms with Crippen LogP contribution in [0.2, 0.25) is 0 Å². The van der Waals surface area contributed by atoms with Crippen LogP contribution in [0, 0.1) is 5.82 Å². The van der Waals surface area contributed by atoms with Crippen molar-refractivity contribution in [1.29, 1.82) is 0 Å². The van der Waals surface area contributed by atoms with Crippen LogP contribution in [0.15, 0.2) is 67.3 Å². The van der Waals surface area contributed by atoms with Gasteiger partial charge in [0.2, 0.25) is 5.95 Å². The van der Waals surface area contributed by atoms with Crippen LogP contribution in [0.5, 0.6) is 0 Å². The zero-order valence-electron chi connectivity index (χ0n) is 17.6. The minimum Gasteiger partial charge on any atom is -0.361 e. The predicted molar refractivity (Wildman–Crippen MR) is 122 cm³/mol. The highest BCUT2D eigenvalue weighted by atomic mass is 19.1. The molecule has 33 heavy (non-hydrogen) atoms. The molecule has 9 nitrogen and oxygen atoms in total. The number of rotatable bonds is 5. The van der Waals surface area contributed by atoms with Crippen LogP contribution in [0.4, 0.5) is 16.2 Å². The molecule has 0 spiro atoms. The van der Waals surface area contributed by atoms with Gasteiger partial charge in [0.05, 0.1) is 11.9 Å². The molecule has 0 fully saturated rings. The molecule has 1 aromatic carbocycles. The van der Waals surface area contributed by atoms with Crippen molar-refractivity contribution < 1.29 is 4.39 Å². The summed E-state index contributed by atoms with van der Waals surface area (Å²) in [6.07, 6.45) is 7.74. The highest BCUT2D eigenvalue weighted by molar-refractivity contribution is 5.83. The van der Waals surface area contributed by atoms with Crippen LogP contribution in [-0.4, -0.2) is 39.3 Å². The number of hydrogen-bond donors (Lipinski definition) is 2. The molecule has 5 aromatic heterocycles. The topological polar surface area (TPSA) is 102 Å². The van der Waals surface area contributed by atoms with Crippen molar-refractivity contribution in [2.24, 2.45) is 7.05 Å². The summed E-state index contributed by atoms with van der Waals surface area (Å²) in [6, 6.07) is 12.3. The third-order valence-electron chi connectivity index (χ3n) is 5.57. The maximum absolute atomic E-state index is 13.7. The summed E-state index contributed by atoms with van der Waals surface area (Å²) < 4.78 is 17.4. The molecular weight excluding hydrogens is 421 g/mol. The van der Waals surface area contributed by atoms with Gasteiger partial charge in [-0.2, -0.15) is 5.10 Å². The molecule has 6 aromatic rings. The molecule has 6 rings (SSSR count). The molecule has 0 amide bonds. The fraction of sp³-hybridized carbons (Fsp3) is 0.0870. The van der Waals surface area contributed by atoms with E-state index in [1.807, 2.05) is 48.1 Å². The molecule has 5 heterocycles. The summed E-state index contributed by atoms with van der Waals surface area (Å²) in [5, 5.41) is 16.8. The first-order valence-electron chi connectivity index (χ1n) is 10.3. The molecule has 0 radical (unpaired) electrons. The molecular formula is C23H18FN9. The highest BCUT2D eigenvalue weighted by Gasteiger charge is 2.12. The number of aromatic nitrogens is 8. The molecule has 0 atom stereocenters. The zero-order chi connectivity index (χ0) is 22.4. The van der Waals surface area contributed by atoms with E-state index in [1.165, 1.54) is 12.1 Å². The maximum Gasteiger partial charge on any atom is 0.228 e. The fourth-order valence-electron chi connectivity index (χ4n) is 3.88. The Morgan fingerprint density at radius 1 is 1.06 bits per heavy atom. The number of fused-ring (bicyclic) bond motifs is 2. The second-order valence-electron chi connectivity index (χ2n) is 7.67. The Kier molecular flexibility index (Phi) is 4.35. The van der Waals surface area contributed by atoms with E-state index < -0.39 is 0 Å². The standard InChI is InChI=1S/C23H18FN9/c1-32-20(5-8-27-32)29-23-25-7-4-18(28-23)14-6-9-33-21(10-14)30-31-22(33)11-15-13-26-19-3-2-16(24)12-17(15)19/h2-10,12-13,26H,11H2,1H3,(H,25,28,29). The minimum atomic E-state index is -0.263. The normalized spacial score (nSPS) is 11.5. The molecule has 0 saturated carbocycles. The van der Waals surface area contributed by atoms with Gasteiger partial charge in [-0.3, -0.25) is 9.08 Å². The lowest BCUT2D eigenvalue weighted by Gasteiger charge is -2.07. The van der Waals surface area contributed by atoms with E-state index in [2.05, 4.69) is 35.6 Å².